The van der Waals surface area contributed by atoms with Crippen molar-refractivity contribution < 1.29 is 4.39 Å². The van der Waals surface area contributed by atoms with E-state index in [0.29, 0.717) is 0 Å². The van der Waals surface area contributed by atoms with E-state index in [-0.39, 0.29) is 17.4 Å². The number of rotatable bonds is 3. The number of likely N-dealkylation sites (tertiary alicyclic amines) is 1. The van der Waals surface area contributed by atoms with Crippen molar-refractivity contribution in [2.45, 2.75) is 51.1 Å². The molecule has 0 aromatic heterocycles. The number of nitrogens with zero attached hydrogens (tertiary/aromatic N) is 1. The van der Waals surface area contributed by atoms with Gasteiger partial charge in [0.25, 0.3) is 0 Å². The van der Waals surface area contributed by atoms with Crippen LogP contribution in [0.5, 0.6) is 0 Å². The van der Waals surface area contributed by atoms with Gasteiger partial charge in [-0.25, -0.2) is 4.39 Å². The molecule has 0 bridgehead atoms. The van der Waals surface area contributed by atoms with E-state index in [0.717, 1.165) is 18.7 Å². The van der Waals surface area contributed by atoms with Crippen LogP contribution in [0.3, 0.4) is 0 Å². The lowest BCUT2D eigenvalue weighted by molar-refractivity contribution is 0.0980. The summed E-state index contributed by atoms with van der Waals surface area (Å²) in [5, 5.41) is 0. The molecule has 2 nitrogen and oxygen atoms in total. The molecule has 2 rings (SSSR count). The molecule has 1 aromatic carbocycles. The zero-order valence-corrected chi connectivity index (χ0v) is 12.0. The van der Waals surface area contributed by atoms with Crippen molar-refractivity contribution in [2.24, 2.45) is 5.73 Å². The minimum absolute atomic E-state index is 0.0915. The van der Waals surface area contributed by atoms with E-state index in [4.69, 9.17) is 5.73 Å². The zero-order valence-electron chi connectivity index (χ0n) is 12.0. The van der Waals surface area contributed by atoms with Crippen LogP contribution in [-0.2, 0) is 0 Å². The van der Waals surface area contributed by atoms with Gasteiger partial charge in [-0.15, -0.1) is 0 Å². The summed E-state index contributed by atoms with van der Waals surface area (Å²) >= 11 is 0. The fourth-order valence-corrected chi connectivity index (χ4v) is 2.92. The Balaban J connectivity index is 2.14. The Kier molecular flexibility index (Phi) is 4.58. The second-order valence-corrected chi connectivity index (χ2v) is 6.08. The van der Waals surface area contributed by atoms with Crippen LogP contribution in [0.25, 0.3) is 0 Å². The first-order chi connectivity index (χ1) is 9.01. The summed E-state index contributed by atoms with van der Waals surface area (Å²) in [7, 11) is 0. The van der Waals surface area contributed by atoms with Crippen LogP contribution >= 0.6 is 0 Å². The SMILES string of the molecule is CC(C)(C(N)c1ccc(F)cc1)N1CCCCCC1. The Morgan fingerprint density at radius 3 is 2.11 bits per heavy atom. The molecule has 0 amide bonds. The third-order valence-electron chi connectivity index (χ3n) is 4.41. The number of benzene rings is 1. The Bertz CT molecular complexity index is 392. The van der Waals surface area contributed by atoms with Crippen LogP contribution in [-0.4, -0.2) is 23.5 Å². The molecule has 1 aliphatic rings. The molecule has 19 heavy (non-hydrogen) atoms. The van der Waals surface area contributed by atoms with E-state index in [2.05, 4.69) is 18.7 Å². The van der Waals surface area contributed by atoms with Crippen LogP contribution < -0.4 is 5.73 Å². The number of hydrogen-bond donors (Lipinski definition) is 1. The molecule has 1 fully saturated rings. The van der Waals surface area contributed by atoms with Gasteiger partial charge < -0.3 is 5.73 Å². The molecule has 1 atom stereocenters. The number of hydrogen-bond acceptors (Lipinski definition) is 2. The Morgan fingerprint density at radius 1 is 1.05 bits per heavy atom. The molecular formula is C16H25FN2. The van der Waals surface area contributed by atoms with Crippen molar-refractivity contribution >= 4 is 0 Å². The van der Waals surface area contributed by atoms with Gasteiger partial charge in [0.15, 0.2) is 0 Å². The molecule has 0 radical (unpaired) electrons. The van der Waals surface area contributed by atoms with Gasteiger partial charge in [0, 0.05) is 11.6 Å². The van der Waals surface area contributed by atoms with Crippen LogP contribution in [0.4, 0.5) is 4.39 Å². The minimum atomic E-state index is -0.205. The maximum absolute atomic E-state index is 13.0. The van der Waals surface area contributed by atoms with Crippen LogP contribution in [0.1, 0.15) is 51.1 Å². The van der Waals surface area contributed by atoms with E-state index in [1.807, 2.05) is 0 Å². The van der Waals surface area contributed by atoms with Crippen molar-refractivity contribution in [3.8, 4) is 0 Å². The predicted octanol–water partition coefficient (Wildman–Crippen LogP) is 3.48. The third-order valence-corrected chi connectivity index (χ3v) is 4.41. The van der Waals surface area contributed by atoms with Gasteiger partial charge in [0.05, 0.1) is 0 Å². The predicted molar refractivity (Wildman–Crippen MR) is 77.4 cm³/mol. The fraction of sp³-hybridized carbons (Fsp3) is 0.625. The Labute approximate surface area is 115 Å². The Morgan fingerprint density at radius 2 is 1.58 bits per heavy atom. The first-order valence-corrected chi connectivity index (χ1v) is 7.28. The highest BCUT2D eigenvalue weighted by Gasteiger charge is 2.34. The summed E-state index contributed by atoms with van der Waals surface area (Å²) in [6.45, 7) is 6.63. The van der Waals surface area contributed by atoms with Crippen molar-refractivity contribution in [1.82, 2.24) is 4.90 Å². The highest BCUT2D eigenvalue weighted by Crippen LogP contribution is 2.31. The molecule has 3 heteroatoms. The lowest BCUT2D eigenvalue weighted by Crippen LogP contribution is -2.51. The molecule has 1 unspecified atom stereocenters. The van der Waals surface area contributed by atoms with Gasteiger partial charge in [-0.2, -0.15) is 0 Å². The maximum Gasteiger partial charge on any atom is 0.123 e. The number of halogens is 1. The van der Waals surface area contributed by atoms with E-state index in [9.17, 15) is 4.39 Å². The lowest BCUT2D eigenvalue weighted by Gasteiger charge is -2.42. The molecular weight excluding hydrogens is 239 g/mol. The molecule has 1 aromatic rings. The molecule has 1 aliphatic heterocycles. The van der Waals surface area contributed by atoms with E-state index in [1.54, 1.807) is 12.1 Å². The lowest BCUT2D eigenvalue weighted by atomic mass is 9.87. The second-order valence-electron chi connectivity index (χ2n) is 6.08. The summed E-state index contributed by atoms with van der Waals surface area (Å²) < 4.78 is 13.0. The maximum atomic E-state index is 13.0. The Hall–Kier alpha value is -0.930. The molecule has 0 aliphatic carbocycles. The average molecular weight is 264 g/mol. The summed E-state index contributed by atoms with van der Waals surface area (Å²) in [6, 6.07) is 6.51. The van der Waals surface area contributed by atoms with Gasteiger partial charge in [0.1, 0.15) is 5.82 Å². The van der Waals surface area contributed by atoms with Crippen molar-refractivity contribution in [3.05, 3.63) is 35.6 Å². The van der Waals surface area contributed by atoms with Crippen LogP contribution in [0.15, 0.2) is 24.3 Å². The van der Waals surface area contributed by atoms with Crippen LogP contribution in [0.2, 0.25) is 0 Å². The second kappa shape index (κ2) is 6.02. The van der Waals surface area contributed by atoms with Gasteiger partial charge in [-0.3, -0.25) is 4.90 Å². The highest BCUT2D eigenvalue weighted by molar-refractivity contribution is 5.23. The monoisotopic (exact) mass is 264 g/mol. The summed E-state index contributed by atoms with van der Waals surface area (Å²) in [5.41, 5.74) is 7.36. The van der Waals surface area contributed by atoms with E-state index in [1.165, 1.54) is 37.8 Å². The first-order valence-electron chi connectivity index (χ1n) is 7.28. The fourth-order valence-electron chi connectivity index (χ4n) is 2.92. The molecule has 106 valence electrons. The summed E-state index contributed by atoms with van der Waals surface area (Å²) in [6.07, 6.45) is 5.13. The van der Waals surface area contributed by atoms with Crippen molar-refractivity contribution in [1.29, 1.82) is 0 Å². The smallest absolute Gasteiger partial charge is 0.123 e. The van der Waals surface area contributed by atoms with Gasteiger partial charge in [-0.05, 0) is 57.5 Å². The standard InChI is InChI=1S/C16H25FN2/c1-16(2,19-11-5-3-4-6-12-19)15(18)13-7-9-14(17)10-8-13/h7-10,15H,3-6,11-12,18H2,1-2H3. The van der Waals surface area contributed by atoms with Crippen LogP contribution in [0, 0.1) is 5.82 Å². The normalized spacial score (nSPS) is 20.0. The number of nitrogens with two attached hydrogens (primary N) is 1. The van der Waals surface area contributed by atoms with Gasteiger partial charge in [0.2, 0.25) is 0 Å². The van der Waals surface area contributed by atoms with E-state index >= 15 is 0 Å². The minimum Gasteiger partial charge on any atom is -0.322 e. The molecule has 0 saturated carbocycles. The first kappa shape index (κ1) is 14.5. The van der Waals surface area contributed by atoms with Gasteiger partial charge >= 0.3 is 0 Å². The highest BCUT2D eigenvalue weighted by atomic mass is 19.1. The van der Waals surface area contributed by atoms with Crippen molar-refractivity contribution in [2.75, 3.05) is 13.1 Å². The molecule has 1 heterocycles. The largest absolute Gasteiger partial charge is 0.322 e. The van der Waals surface area contributed by atoms with Gasteiger partial charge in [-0.1, -0.05) is 25.0 Å². The molecule has 1 saturated heterocycles. The molecule has 2 N–H and O–H groups in total. The third kappa shape index (κ3) is 3.34. The molecule has 0 spiro atoms. The topological polar surface area (TPSA) is 29.3 Å². The quantitative estimate of drug-likeness (QED) is 0.905. The average Bonchev–Trinajstić information content (AvgIpc) is 2.68. The summed E-state index contributed by atoms with van der Waals surface area (Å²) in [4.78, 5) is 2.49. The summed E-state index contributed by atoms with van der Waals surface area (Å²) in [5.74, 6) is -0.205. The van der Waals surface area contributed by atoms with E-state index < -0.39 is 0 Å². The van der Waals surface area contributed by atoms with Crippen molar-refractivity contribution in [3.63, 3.8) is 0 Å². The zero-order chi connectivity index (χ0) is 13.9.